The molecule has 0 fully saturated rings. The number of hydrogen-bond acceptors (Lipinski definition) is 3. The topological polar surface area (TPSA) is 69.6 Å². The predicted octanol–water partition coefficient (Wildman–Crippen LogP) is 17.0. The summed E-state index contributed by atoms with van der Waals surface area (Å²) in [4.78, 5) is 12.5. The summed E-state index contributed by atoms with van der Waals surface area (Å²) in [6, 6.07) is -0.535. The Labute approximate surface area is 358 Å². The number of carbonyl (C=O) groups is 1. The molecule has 2 unspecified atom stereocenters. The number of allylic oxidation sites excluding steroid dienone is 2. The molecule has 0 aliphatic rings. The molecule has 0 radical (unpaired) electrons. The molecule has 0 aromatic carbocycles. The van der Waals surface area contributed by atoms with E-state index in [0.29, 0.717) is 12.8 Å². The van der Waals surface area contributed by atoms with E-state index in [1.54, 1.807) is 0 Å². The van der Waals surface area contributed by atoms with Gasteiger partial charge in [0.25, 0.3) is 0 Å². The van der Waals surface area contributed by atoms with Crippen molar-refractivity contribution < 1.29 is 15.0 Å². The quantitative estimate of drug-likeness (QED) is 0.0424. The molecule has 0 aliphatic carbocycles. The van der Waals surface area contributed by atoms with E-state index in [0.717, 1.165) is 25.7 Å². The average molecular weight is 804 g/mol. The fourth-order valence-corrected chi connectivity index (χ4v) is 8.48. The molecule has 0 spiro atoms. The number of rotatable bonds is 49. The van der Waals surface area contributed by atoms with Crippen LogP contribution in [0, 0.1) is 0 Å². The Hall–Kier alpha value is -0.870. The Morgan fingerprint density at radius 2 is 0.667 bits per heavy atom. The second-order valence-corrected chi connectivity index (χ2v) is 18.3. The van der Waals surface area contributed by atoms with Gasteiger partial charge in [-0.25, -0.2) is 0 Å². The summed E-state index contributed by atoms with van der Waals surface area (Å²) in [6.07, 6.45) is 63.2. The Morgan fingerprint density at radius 3 is 0.965 bits per heavy atom. The highest BCUT2D eigenvalue weighted by Gasteiger charge is 2.20. The van der Waals surface area contributed by atoms with E-state index < -0.39 is 12.1 Å². The third-order valence-corrected chi connectivity index (χ3v) is 12.5. The zero-order chi connectivity index (χ0) is 41.4. The Kier molecular flexibility index (Phi) is 48.7. The van der Waals surface area contributed by atoms with Gasteiger partial charge in [-0.1, -0.05) is 270 Å². The van der Waals surface area contributed by atoms with Gasteiger partial charge in [-0.2, -0.15) is 0 Å². The van der Waals surface area contributed by atoms with Crippen molar-refractivity contribution in [3.8, 4) is 0 Å². The Balaban J connectivity index is 3.45. The first-order valence-electron chi connectivity index (χ1n) is 26.4. The number of nitrogens with one attached hydrogen (secondary N) is 1. The second kappa shape index (κ2) is 49.5. The molecule has 57 heavy (non-hydrogen) atoms. The van der Waals surface area contributed by atoms with Crippen molar-refractivity contribution in [1.82, 2.24) is 5.32 Å². The molecule has 0 heterocycles. The largest absolute Gasteiger partial charge is 0.394 e. The molecular formula is C53H105NO3. The third kappa shape index (κ3) is 46.1. The SMILES string of the molecule is CCCCCCCCCCCCCC/C=C\CCCCCCCCCCCC(=O)NC(CO)C(O)CCCCCCCCCCCCCCCCCCCCCC. The van der Waals surface area contributed by atoms with Crippen molar-refractivity contribution in [3.63, 3.8) is 0 Å². The van der Waals surface area contributed by atoms with Crippen molar-refractivity contribution in [2.75, 3.05) is 6.61 Å². The lowest BCUT2D eigenvalue weighted by atomic mass is 10.0. The minimum atomic E-state index is -0.658. The minimum absolute atomic E-state index is 0.0280. The Morgan fingerprint density at radius 1 is 0.404 bits per heavy atom. The van der Waals surface area contributed by atoms with Gasteiger partial charge in [0.05, 0.1) is 18.8 Å². The molecule has 0 aliphatic heterocycles. The summed E-state index contributed by atoms with van der Waals surface area (Å²) >= 11 is 0. The van der Waals surface area contributed by atoms with Crippen LogP contribution >= 0.6 is 0 Å². The fraction of sp³-hybridized carbons (Fsp3) is 0.943. The van der Waals surface area contributed by atoms with Crippen molar-refractivity contribution in [3.05, 3.63) is 12.2 Å². The summed E-state index contributed by atoms with van der Waals surface area (Å²) in [6.45, 7) is 4.39. The van der Waals surface area contributed by atoms with Crippen LogP contribution in [0.15, 0.2) is 12.2 Å². The molecule has 0 rings (SSSR count). The summed E-state index contributed by atoms with van der Waals surface area (Å²) in [5, 5.41) is 23.3. The van der Waals surface area contributed by atoms with Gasteiger partial charge in [0, 0.05) is 6.42 Å². The first kappa shape index (κ1) is 56.1. The molecule has 3 N–H and O–H groups in total. The van der Waals surface area contributed by atoms with Gasteiger partial charge in [0.2, 0.25) is 5.91 Å². The number of hydrogen-bond donors (Lipinski definition) is 3. The second-order valence-electron chi connectivity index (χ2n) is 18.3. The molecule has 0 bridgehead atoms. The van der Waals surface area contributed by atoms with Gasteiger partial charge < -0.3 is 15.5 Å². The van der Waals surface area contributed by atoms with Crippen molar-refractivity contribution in [2.24, 2.45) is 0 Å². The van der Waals surface area contributed by atoms with Crippen LogP contribution in [0.2, 0.25) is 0 Å². The first-order chi connectivity index (χ1) is 28.2. The predicted molar refractivity (Wildman–Crippen MR) is 253 cm³/mol. The maximum Gasteiger partial charge on any atom is 0.220 e. The van der Waals surface area contributed by atoms with Gasteiger partial charge in [0.1, 0.15) is 0 Å². The zero-order valence-corrected chi connectivity index (χ0v) is 39.1. The normalized spacial score (nSPS) is 12.8. The van der Waals surface area contributed by atoms with E-state index in [1.807, 2.05) is 0 Å². The molecule has 0 saturated heterocycles. The number of carbonyl (C=O) groups excluding carboxylic acids is 1. The van der Waals surface area contributed by atoms with Crippen LogP contribution in [-0.2, 0) is 4.79 Å². The molecule has 4 nitrogen and oxygen atoms in total. The van der Waals surface area contributed by atoms with E-state index in [1.165, 1.54) is 250 Å². The number of aliphatic hydroxyl groups excluding tert-OH is 2. The third-order valence-electron chi connectivity index (χ3n) is 12.5. The Bertz CT molecular complexity index is 784. The van der Waals surface area contributed by atoms with E-state index in [2.05, 4.69) is 31.3 Å². The maximum atomic E-state index is 12.5. The highest BCUT2D eigenvalue weighted by molar-refractivity contribution is 5.76. The summed E-state index contributed by atoms with van der Waals surface area (Å²) in [5.74, 6) is -0.0280. The monoisotopic (exact) mass is 804 g/mol. The van der Waals surface area contributed by atoms with Crippen LogP contribution in [0.3, 0.4) is 0 Å². The lowest BCUT2D eigenvalue weighted by Gasteiger charge is -2.22. The van der Waals surface area contributed by atoms with Crippen molar-refractivity contribution in [1.29, 1.82) is 0 Å². The van der Waals surface area contributed by atoms with Crippen LogP contribution in [0.4, 0.5) is 0 Å². The van der Waals surface area contributed by atoms with Crippen LogP contribution in [0.25, 0.3) is 0 Å². The molecule has 0 aromatic heterocycles. The van der Waals surface area contributed by atoms with Gasteiger partial charge in [0.15, 0.2) is 0 Å². The average Bonchev–Trinajstić information content (AvgIpc) is 3.22. The summed E-state index contributed by atoms with van der Waals surface area (Å²) in [5.41, 5.74) is 0. The number of unbranched alkanes of at least 4 members (excludes halogenated alkanes) is 40. The van der Waals surface area contributed by atoms with E-state index in [4.69, 9.17) is 0 Å². The molecule has 0 saturated carbocycles. The lowest BCUT2D eigenvalue weighted by Crippen LogP contribution is -2.45. The van der Waals surface area contributed by atoms with Gasteiger partial charge in [-0.15, -0.1) is 0 Å². The highest BCUT2D eigenvalue weighted by atomic mass is 16.3. The maximum absolute atomic E-state index is 12.5. The van der Waals surface area contributed by atoms with E-state index >= 15 is 0 Å². The van der Waals surface area contributed by atoms with E-state index in [-0.39, 0.29) is 12.5 Å². The summed E-state index contributed by atoms with van der Waals surface area (Å²) < 4.78 is 0. The molecule has 2 atom stereocenters. The smallest absolute Gasteiger partial charge is 0.220 e. The first-order valence-corrected chi connectivity index (χ1v) is 26.4. The standard InChI is InChI=1S/C53H105NO3/c1-3-5-7-9-11-13-15-17-19-21-23-25-26-27-28-29-31-33-35-37-39-41-43-45-47-49-53(57)54-51(50-55)52(56)48-46-44-42-40-38-36-34-32-30-24-22-20-18-16-14-12-10-8-6-4-2/h27-28,51-52,55-56H,3-26,29-50H2,1-2H3,(H,54,57)/b28-27-. The number of aliphatic hydroxyl groups is 2. The van der Waals surface area contributed by atoms with Crippen LogP contribution in [0.1, 0.15) is 303 Å². The van der Waals surface area contributed by atoms with Crippen LogP contribution in [0.5, 0.6) is 0 Å². The highest BCUT2D eigenvalue weighted by Crippen LogP contribution is 2.17. The zero-order valence-electron chi connectivity index (χ0n) is 39.1. The molecule has 340 valence electrons. The molecule has 1 amide bonds. The molecule has 4 heteroatoms. The summed E-state index contributed by atoms with van der Waals surface area (Å²) in [7, 11) is 0. The lowest BCUT2D eigenvalue weighted by molar-refractivity contribution is -0.123. The van der Waals surface area contributed by atoms with Crippen LogP contribution < -0.4 is 5.32 Å². The number of amides is 1. The van der Waals surface area contributed by atoms with Gasteiger partial charge >= 0.3 is 0 Å². The van der Waals surface area contributed by atoms with Gasteiger partial charge in [-0.3, -0.25) is 4.79 Å². The van der Waals surface area contributed by atoms with Crippen molar-refractivity contribution in [2.45, 2.75) is 315 Å². The van der Waals surface area contributed by atoms with Gasteiger partial charge in [-0.05, 0) is 38.5 Å². The van der Waals surface area contributed by atoms with Crippen LogP contribution in [-0.4, -0.2) is 34.9 Å². The minimum Gasteiger partial charge on any atom is -0.394 e. The molecular weight excluding hydrogens is 699 g/mol. The molecule has 0 aromatic rings. The van der Waals surface area contributed by atoms with Crippen molar-refractivity contribution >= 4 is 5.91 Å². The van der Waals surface area contributed by atoms with E-state index in [9.17, 15) is 15.0 Å². The fourth-order valence-electron chi connectivity index (χ4n) is 8.48.